The van der Waals surface area contributed by atoms with Crippen molar-refractivity contribution in [2.75, 3.05) is 6.54 Å². The summed E-state index contributed by atoms with van der Waals surface area (Å²) in [6, 6.07) is 0. The van der Waals surface area contributed by atoms with Crippen LogP contribution in [0.3, 0.4) is 0 Å². The maximum absolute atomic E-state index is 13.6. The summed E-state index contributed by atoms with van der Waals surface area (Å²) in [5, 5.41) is 0. The molecule has 0 radical (unpaired) electrons. The number of nitrogens with two attached hydrogens (primary N) is 1. The monoisotopic (exact) mass is 199 g/mol. The molecule has 0 aliphatic heterocycles. The average molecular weight is 199 g/mol. The third-order valence-corrected chi connectivity index (χ3v) is 2.25. The Bertz CT molecular complexity index is 299. The number of rotatable bonds is 4. The number of nitrogens with zero attached hydrogens (tertiary/aromatic N) is 2. The smallest absolute Gasteiger partial charge is 0.162 e. The van der Waals surface area contributed by atoms with Crippen molar-refractivity contribution in [3.05, 3.63) is 17.7 Å². The Morgan fingerprint density at radius 1 is 1.57 bits per heavy atom. The average Bonchev–Trinajstić information content (AvgIpc) is 2.42. The number of alkyl halides is 1. The van der Waals surface area contributed by atoms with E-state index in [1.54, 1.807) is 6.20 Å². The predicted molar refractivity (Wildman–Crippen MR) is 54.7 cm³/mol. The zero-order chi connectivity index (χ0) is 10.8. The lowest BCUT2D eigenvalue weighted by Gasteiger charge is -2.14. The van der Waals surface area contributed by atoms with Gasteiger partial charge in [-0.25, -0.2) is 9.37 Å². The van der Waals surface area contributed by atoms with Crippen LogP contribution in [0.4, 0.5) is 4.39 Å². The Morgan fingerprint density at radius 2 is 2.21 bits per heavy atom. The van der Waals surface area contributed by atoms with Crippen LogP contribution < -0.4 is 5.73 Å². The van der Waals surface area contributed by atoms with Crippen LogP contribution in [0.25, 0.3) is 0 Å². The molecule has 0 saturated heterocycles. The van der Waals surface area contributed by atoms with Crippen molar-refractivity contribution in [1.82, 2.24) is 9.55 Å². The predicted octanol–water partition coefficient (Wildman–Crippen LogP) is 1.52. The van der Waals surface area contributed by atoms with Crippen molar-refractivity contribution in [2.24, 2.45) is 12.8 Å². The van der Waals surface area contributed by atoms with Gasteiger partial charge in [0.1, 0.15) is 5.82 Å². The van der Waals surface area contributed by atoms with Crippen LogP contribution in [-0.2, 0) is 19.1 Å². The molecule has 0 amide bonds. The van der Waals surface area contributed by atoms with Crippen LogP contribution in [0.5, 0.6) is 0 Å². The van der Waals surface area contributed by atoms with E-state index in [4.69, 9.17) is 5.73 Å². The van der Waals surface area contributed by atoms with Gasteiger partial charge in [-0.3, -0.25) is 0 Å². The summed E-state index contributed by atoms with van der Waals surface area (Å²) < 4.78 is 15.4. The van der Waals surface area contributed by atoms with E-state index < -0.39 is 5.67 Å². The Balaban J connectivity index is 2.86. The van der Waals surface area contributed by atoms with Gasteiger partial charge in [-0.2, -0.15) is 0 Å². The van der Waals surface area contributed by atoms with Gasteiger partial charge in [-0.1, -0.05) is 0 Å². The zero-order valence-electron chi connectivity index (χ0n) is 9.05. The van der Waals surface area contributed by atoms with Crippen LogP contribution in [0.1, 0.15) is 31.8 Å². The van der Waals surface area contributed by atoms with E-state index in [2.05, 4.69) is 4.98 Å². The van der Waals surface area contributed by atoms with Crippen LogP contribution in [-0.4, -0.2) is 16.1 Å². The largest absolute Gasteiger partial charge is 0.332 e. The van der Waals surface area contributed by atoms with E-state index in [0.717, 1.165) is 18.5 Å². The van der Waals surface area contributed by atoms with E-state index >= 15 is 0 Å². The van der Waals surface area contributed by atoms with Gasteiger partial charge in [0.05, 0.1) is 0 Å². The van der Waals surface area contributed by atoms with E-state index in [0.29, 0.717) is 12.4 Å². The molecule has 1 heterocycles. The second-order valence-corrected chi connectivity index (χ2v) is 4.00. The number of aromatic nitrogens is 2. The molecule has 1 rings (SSSR count). The topological polar surface area (TPSA) is 43.8 Å². The highest BCUT2D eigenvalue weighted by molar-refractivity contribution is 5.10. The van der Waals surface area contributed by atoms with Gasteiger partial charge < -0.3 is 10.3 Å². The number of hydrogen-bond donors (Lipinski definition) is 1. The molecule has 3 nitrogen and oxygen atoms in total. The SMILES string of the molecule is Cn1c(CCCN)cnc1C(C)(C)F. The minimum absolute atomic E-state index is 0.476. The fraction of sp³-hybridized carbons (Fsp3) is 0.700. The molecule has 1 aromatic rings. The number of imidazole rings is 1. The highest BCUT2D eigenvalue weighted by Gasteiger charge is 2.24. The van der Waals surface area contributed by atoms with Gasteiger partial charge in [0.15, 0.2) is 5.67 Å². The van der Waals surface area contributed by atoms with Gasteiger partial charge >= 0.3 is 0 Å². The fourth-order valence-electron chi connectivity index (χ4n) is 1.51. The van der Waals surface area contributed by atoms with Gasteiger partial charge in [0.25, 0.3) is 0 Å². The third-order valence-electron chi connectivity index (χ3n) is 2.25. The molecular formula is C10H18FN3. The van der Waals surface area contributed by atoms with E-state index in [9.17, 15) is 4.39 Å². The summed E-state index contributed by atoms with van der Waals surface area (Å²) in [6.45, 7) is 3.68. The van der Waals surface area contributed by atoms with Crippen molar-refractivity contribution < 1.29 is 4.39 Å². The van der Waals surface area contributed by atoms with Crippen LogP contribution >= 0.6 is 0 Å². The number of hydrogen-bond acceptors (Lipinski definition) is 2. The highest BCUT2D eigenvalue weighted by atomic mass is 19.1. The molecule has 0 atom stereocenters. The molecule has 0 fully saturated rings. The quantitative estimate of drug-likeness (QED) is 0.799. The molecule has 0 aliphatic rings. The fourth-order valence-corrected chi connectivity index (χ4v) is 1.51. The number of aryl methyl sites for hydroxylation is 1. The van der Waals surface area contributed by atoms with E-state index in [-0.39, 0.29) is 0 Å². The summed E-state index contributed by atoms with van der Waals surface area (Å²) in [7, 11) is 1.84. The van der Waals surface area contributed by atoms with Crippen molar-refractivity contribution >= 4 is 0 Å². The summed E-state index contributed by atoms with van der Waals surface area (Å²) >= 11 is 0. The summed E-state index contributed by atoms with van der Waals surface area (Å²) in [6.07, 6.45) is 3.49. The van der Waals surface area contributed by atoms with Crippen LogP contribution in [0.15, 0.2) is 6.20 Å². The highest BCUT2D eigenvalue weighted by Crippen LogP contribution is 2.23. The van der Waals surface area contributed by atoms with Gasteiger partial charge in [-0.15, -0.1) is 0 Å². The van der Waals surface area contributed by atoms with Gasteiger partial charge in [0, 0.05) is 18.9 Å². The summed E-state index contributed by atoms with van der Waals surface area (Å²) in [4.78, 5) is 4.09. The first-order valence-electron chi connectivity index (χ1n) is 4.87. The van der Waals surface area contributed by atoms with Crippen molar-refractivity contribution in [1.29, 1.82) is 0 Å². The van der Waals surface area contributed by atoms with Crippen molar-refractivity contribution in [2.45, 2.75) is 32.4 Å². The van der Waals surface area contributed by atoms with Gasteiger partial charge in [-0.05, 0) is 33.2 Å². The van der Waals surface area contributed by atoms with E-state index in [1.807, 2.05) is 11.6 Å². The zero-order valence-corrected chi connectivity index (χ0v) is 9.05. The first-order chi connectivity index (χ1) is 6.46. The molecule has 0 aliphatic carbocycles. The second kappa shape index (κ2) is 4.09. The Morgan fingerprint density at radius 3 is 2.64 bits per heavy atom. The first-order valence-corrected chi connectivity index (χ1v) is 4.87. The Kier molecular flexibility index (Phi) is 3.26. The first kappa shape index (κ1) is 11.2. The molecule has 0 saturated carbocycles. The molecule has 0 aromatic carbocycles. The maximum atomic E-state index is 13.6. The summed E-state index contributed by atoms with van der Waals surface area (Å²) in [5.74, 6) is 0.476. The maximum Gasteiger partial charge on any atom is 0.162 e. The van der Waals surface area contributed by atoms with Crippen molar-refractivity contribution in [3.8, 4) is 0 Å². The van der Waals surface area contributed by atoms with Crippen molar-refractivity contribution in [3.63, 3.8) is 0 Å². The molecular weight excluding hydrogens is 181 g/mol. The Labute approximate surface area is 84.1 Å². The Hall–Kier alpha value is -0.900. The lowest BCUT2D eigenvalue weighted by molar-refractivity contribution is 0.201. The van der Waals surface area contributed by atoms with Gasteiger partial charge in [0.2, 0.25) is 0 Å². The molecule has 1 aromatic heterocycles. The molecule has 4 heteroatoms. The normalized spacial score (nSPS) is 12.1. The minimum Gasteiger partial charge on any atom is -0.332 e. The second-order valence-electron chi connectivity index (χ2n) is 4.00. The molecule has 0 unspecified atom stereocenters. The standard InChI is InChI=1S/C10H18FN3/c1-10(2,11)9-13-7-8(14(9)3)5-4-6-12/h7H,4-6,12H2,1-3H3. The lowest BCUT2D eigenvalue weighted by atomic mass is 10.1. The minimum atomic E-state index is -1.38. The lowest BCUT2D eigenvalue weighted by Crippen LogP contribution is -2.17. The number of halogens is 1. The molecule has 0 spiro atoms. The molecule has 0 bridgehead atoms. The molecule has 80 valence electrons. The molecule has 2 N–H and O–H groups in total. The summed E-state index contributed by atoms with van der Waals surface area (Å²) in [5.41, 5.74) is 5.07. The third kappa shape index (κ3) is 2.32. The van der Waals surface area contributed by atoms with Crippen LogP contribution in [0.2, 0.25) is 0 Å². The van der Waals surface area contributed by atoms with Crippen LogP contribution in [0, 0.1) is 0 Å². The molecule has 14 heavy (non-hydrogen) atoms. The van der Waals surface area contributed by atoms with E-state index in [1.165, 1.54) is 13.8 Å².